The van der Waals surface area contributed by atoms with E-state index in [-0.39, 0.29) is 25.3 Å². The maximum atomic E-state index is 13.0. The molecule has 0 spiro atoms. The van der Waals surface area contributed by atoms with Crippen molar-refractivity contribution >= 4 is 11.8 Å². The fraction of sp³-hybridized carbons (Fsp3) is 0.800. The molecule has 0 aromatic carbocycles. The number of piperidine rings is 1. The van der Waals surface area contributed by atoms with E-state index < -0.39 is 30.5 Å². The Morgan fingerprint density at radius 2 is 2.32 bits per heavy atom. The number of hydrazone groups is 1. The summed E-state index contributed by atoms with van der Waals surface area (Å²) in [7, 11) is 0. The van der Waals surface area contributed by atoms with Crippen molar-refractivity contribution in [2.75, 3.05) is 6.61 Å². The van der Waals surface area contributed by atoms with Crippen LogP contribution in [-0.2, 0) is 9.53 Å². The second-order valence-corrected chi connectivity index (χ2v) is 4.32. The summed E-state index contributed by atoms with van der Waals surface area (Å²) >= 11 is 0. The van der Waals surface area contributed by atoms with E-state index in [0.717, 1.165) is 4.90 Å². The van der Waals surface area contributed by atoms with Crippen LogP contribution in [0.5, 0.6) is 0 Å². The number of esters is 1. The highest BCUT2D eigenvalue weighted by Crippen LogP contribution is 2.39. The molecule has 9 heteroatoms. The molecular formula is C10H14F3N3O3. The quantitative estimate of drug-likeness (QED) is 0.716. The van der Waals surface area contributed by atoms with Crippen LogP contribution in [0.25, 0.3) is 0 Å². The van der Waals surface area contributed by atoms with Gasteiger partial charge in [-0.05, 0) is 13.3 Å². The highest BCUT2D eigenvalue weighted by Gasteiger charge is 2.55. The number of alkyl halides is 3. The lowest BCUT2D eigenvalue weighted by molar-refractivity contribution is -0.208. The minimum absolute atomic E-state index is 0.0241. The third-order valence-electron chi connectivity index (χ3n) is 3.18. The lowest BCUT2D eigenvalue weighted by Gasteiger charge is -2.40. The molecule has 0 aromatic heterocycles. The first-order valence-corrected chi connectivity index (χ1v) is 5.88. The van der Waals surface area contributed by atoms with Crippen LogP contribution in [0.1, 0.15) is 19.8 Å². The Bertz CT molecular complexity index is 399. The zero-order chi connectivity index (χ0) is 14.2. The summed E-state index contributed by atoms with van der Waals surface area (Å²) in [6, 6.07) is -1.60. The molecule has 0 aliphatic carbocycles. The van der Waals surface area contributed by atoms with Gasteiger partial charge in [-0.15, -0.1) is 0 Å². The summed E-state index contributed by atoms with van der Waals surface area (Å²) in [6.45, 7) is 1.49. The van der Waals surface area contributed by atoms with Gasteiger partial charge in [-0.3, -0.25) is 5.43 Å². The lowest BCUT2D eigenvalue weighted by atomic mass is 9.88. The molecule has 2 aliphatic heterocycles. The van der Waals surface area contributed by atoms with Crippen LogP contribution in [0.15, 0.2) is 5.10 Å². The molecule has 2 rings (SSSR count). The van der Waals surface area contributed by atoms with Gasteiger partial charge in [-0.1, -0.05) is 0 Å². The molecule has 0 amide bonds. The van der Waals surface area contributed by atoms with Gasteiger partial charge in [0.25, 0.3) is 0 Å². The average molecular weight is 281 g/mol. The number of rotatable bonds is 2. The van der Waals surface area contributed by atoms with Gasteiger partial charge in [-0.2, -0.15) is 18.3 Å². The van der Waals surface area contributed by atoms with Crippen LogP contribution >= 0.6 is 0 Å². The number of ether oxygens (including phenoxy) is 1. The van der Waals surface area contributed by atoms with Gasteiger partial charge in [0, 0.05) is 6.42 Å². The maximum absolute atomic E-state index is 13.0. The summed E-state index contributed by atoms with van der Waals surface area (Å²) in [4.78, 5) is 12.7. The summed E-state index contributed by atoms with van der Waals surface area (Å²) in [6.07, 6.45) is -6.18. The van der Waals surface area contributed by atoms with Gasteiger partial charge >= 0.3 is 12.1 Å². The minimum atomic E-state index is -4.54. The molecule has 0 saturated carbocycles. The first kappa shape index (κ1) is 13.9. The van der Waals surface area contributed by atoms with Crippen LogP contribution in [0, 0.1) is 5.92 Å². The Labute approximate surface area is 107 Å². The molecule has 2 aliphatic rings. The molecule has 2 N–H and O–H groups in total. The third kappa shape index (κ3) is 2.46. The molecule has 2 heterocycles. The standard InChI is InChI=1S/C10H14F3N3O3/c1-2-19-8(17)7-5(10(11,12)13)3-4-6-14-15-9(18)16(6)7/h5,7,9,15,18H,2-4H2,1H3. The Balaban J connectivity index is 2.31. The van der Waals surface area contributed by atoms with Crippen LogP contribution in [-0.4, -0.2) is 47.0 Å². The van der Waals surface area contributed by atoms with E-state index in [1.165, 1.54) is 6.92 Å². The minimum Gasteiger partial charge on any atom is -0.464 e. The number of nitrogens with zero attached hydrogens (tertiary/aromatic N) is 2. The smallest absolute Gasteiger partial charge is 0.394 e. The number of fused-ring (bicyclic) bond motifs is 1. The first-order valence-electron chi connectivity index (χ1n) is 5.88. The van der Waals surface area contributed by atoms with Gasteiger partial charge < -0.3 is 14.7 Å². The number of aliphatic hydroxyl groups excluding tert-OH is 1. The highest BCUT2D eigenvalue weighted by atomic mass is 19.4. The Kier molecular flexibility index (Phi) is 3.57. The predicted molar refractivity (Wildman–Crippen MR) is 57.6 cm³/mol. The zero-order valence-corrected chi connectivity index (χ0v) is 10.1. The number of hydrogen-bond donors (Lipinski definition) is 2. The van der Waals surface area contributed by atoms with E-state index in [2.05, 4.69) is 15.3 Å². The Morgan fingerprint density at radius 1 is 1.63 bits per heavy atom. The molecule has 0 aromatic rings. The van der Waals surface area contributed by atoms with E-state index in [0.29, 0.717) is 0 Å². The molecule has 1 saturated heterocycles. The number of aliphatic hydroxyl groups is 1. The van der Waals surface area contributed by atoms with Crippen molar-refractivity contribution < 1.29 is 27.8 Å². The number of halogens is 3. The van der Waals surface area contributed by atoms with Crippen LogP contribution in [0.2, 0.25) is 0 Å². The number of carbonyl (C=O) groups excluding carboxylic acids is 1. The highest BCUT2D eigenvalue weighted by molar-refractivity contribution is 5.90. The summed E-state index contributed by atoms with van der Waals surface area (Å²) < 4.78 is 43.7. The topological polar surface area (TPSA) is 74.2 Å². The second kappa shape index (κ2) is 4.87. The molecule has 19 heavy (non-hydrogen) atoms. The number of nitrogens with one attached hydrogen (secondary N) is 1. The van der Waals surface area contributed by atoms with E-state index in [9.17, 15) is 23.1 Å². The van der Waals surface area contributed by atoms with Crippen molar-refractivity contribution in [2.45, 2.75) is 38.3 Å². The van der Waals surface area contributed by atoms with Gasteiger partial charge in [0.15, 0.2) is 0 Å². The molecule has 1 fully saturated rings. The molecule has 6 nitrogen and oxygen atoms in total. The van der Waals surface area contributed by atoms with Gasteiger partial charge in [-0.25, -0.2) is 4.79 Å². The SMILES string of the molecule is CCOC(=O)C1C(C(F)(F)F)CCC2=NNC(O)N21. The van der Waals surface area contributed by atoms with Crippen LogP contribution in [0.4, 0.5) is 13.2 Å². The normalized spacial score (nSPS) is 30.5. The van der Waals surface area contributed by atoms with E-state index in [4.69, 9.17) is 0 Å². The molecule has 0 radical (unpaired) electrons. The Hall–Kier alpha value is -1.51. The Morgan fingerprint density at radius 3 is 2.89 bits per heavy atom. The summed E-state index contributed by atoms with van der Waals surface area (Å²) in [5.41, 5.74) is 2.25. The van der Waals surface area contributed by atoms with E-state index >= 15 is 0 Å². The summed E-state index contributed by atoms with van der Waals surface area (Å²) in [5.74, 6) is -2.63. The molecule has 3 unspecified atom stereocenters. The number of hydrogen-bond acceptors (Lipinski definition) is 6. The lowest BCUT2D eigenvalue weighted by Crippen LogP contribution is -2.59. The first-order chi connectivity index (χ1) is 8.86. The van der Waals surface area contributed by atoms with Crippen molar-refractivity contribution in [1.29, 1.82) is 0 Å². The largest absolute Gasteiger partial charge is 0.464 e. The monoisotopic (exact) mass is 281 g/mol. The van der Waals surface area contributed by atoms with Crippen molar-refractivity contribution in [3.63, 3.8) is 0 Å². The van der Waals surface area contributed by atoms with E-state index in [1.54, 1.807) is 0 Å². The second-order valence-electron chi connectivity index (χ2n) is 4.32. The van der Waals surface area contributed by atoms with Crippen LogP contribution in [0.3, 0.4) is 0 Å². The molecule has 0 bridgehead atoms. The third-order valence-corrected chi connectivity index (χ3v) is 3.18. The van der Waals surface area contributed by atoms with Crippen molar-refractivity contribution in [3.05, 3.63) is 0 Å². The number of carbonyl (C=O) groups is 1. The predicted octanol–water partition coefficient (Wildman–Crippen LogP) is 0.385. The fourth-order valence-corrected chi connectivity index (χ4v) is 2.38. The zero-order valence-electron chi connectivity index (χ0n) is 10.1. The van der Waals surface area contributed by atoms with Gasteiger partial charge in [0.1, 0.15) is 11.9 Å². The van der Waals surface area contributed by atoms with Crippen molar-refractivity contribution in [3.8, 4) is 0 Å². The maximum Gasteiger partial charge on any atom is 0.394 e. The average Bonchev–Trinajstić information content (AvgIpc) is 2.69. The fourth-order valence-electron chi connectivity index (χ4n) is 2.38. The van der Waals surface area contributed by atoms with Gasteiger partial charge in [0.2, 0.25) is 6.35 Å². The molecular weight excluding hydrogens is 267 g/mol. The van der Waals surface area contributed by atoms with E-state index in [1.807, 2.05) is 0 Å². The molecule has 3 atom stereocenters. The van der Waals surface area contributed by atoms with Crippen molar-refractivity contribution in [1.82, 2.24) is 10.3 Å². The van der Waals surface area contributed by atoms with Crippen molar-refractivity contribution in [2.24, 2.45) is 11.0 Å². The number of amidine groups is 1. The van der Waals surface area contributed by atoms with Gasteiger partial charge in [0.05, 0.1) is 12.5 Å². The summed E-state index contributed by atoms with van der Waals surface area (Å²) in [5, 5.41) is 13.3. The molecule has 108 valence electrons. The van der Waals surface area contributed by atoms with Crippen LogP contribution < -0.4 is 5.43 Å².